The average molecular weight is 358 g/mol. The number of aromatic carboxylic acids is 1. The van der Waals surface area contributed by atoms with Gasteiger partial charge >= 0.3 is 5.97 Å². The lowest BCUT2D eigenvalue weighted by atomic mass is 9.95. The van der Waals surface area contributed by atoms with Crippen molar-refractivity contribution < 1.29 is 18.7 Å². The van der Waals surface area contributed by atoms with Crippen molar-refractivity contribution in [2.45, 2.75) is 46.0 Å². The minimum absolute atomic E-state index is 0.0896. The van der Waals surface area contributed by atoms with Crippen LogP contribution in [0.25, 0.3) is 17.0 Å². The first-order chi connectivity index (χ1) is 12.5. The van der Waals surface area contributed by atoms with Crippen molar-refractivity contribution in [2.75, 3.05) is 0 Å². The van der Waals surface area contributed by atoms with Crippen LogP contribution in [0.3, 0.4) is 0 Å². The first kappa shape index (κ1) is 19.8. The van der Waals surface area contributed by atoms with E-state index in [0.717, 1.165) is 24.8 Å². The van der Waals surface area contributed by atoms with Crippen molar-refractivity contribution in [3.8, 4) is 11.1 Å². The van der Waals surface area contributed by atoms with Gasteiger partial charge in [0.2, 0.25) is 0 Å². The summed E-state index contributed by atoms with van der Waals surface area (Å²) in [5.41, 5.74) is 2.68. The van der Waals surface area contributed by atoms with Gasteiger partial charge < -0.3 is 5.11 Å². The summed E-state index contributed by atoms with van der Waals surface area (Å²) in [5, 5.41) is 9.43. The van der Waals surface area contributed by atoms with Crippen molar-refractivity contribution in [3.05, 3.63) is 65.0 Å². The molecule has 0 aliphatic rings. The van der Waals surface area contributed by atoms with Gasteiger partial charge in [0.15, 0.2) is 5.83 Å². The molecule has 2 aromatic rings. The summed E-state index contributed by atoms with van der Waals surface area (Å²) in [6.07, 6.45) is 3.30. The average Bonchev–Trinajstić information content (AvgIpc) is 2.65. The Morgan fingerprint density at radius 3 is 2.27 bits per heavy atom. The fourth-order valence-electron chi connectivity index (χ4n) is 2.86. The van der Waals surface area contributed by atoms with E-state index >= 15 is 0 Å². The molecule has 0 saturated heterocycles. The number of carboxylic acid groups (broad SMARTS) is 1. The van der Waals surface area contributed by atoms with Crippen LogP contribution in [0.15, 0.2) is 48.3 Å². The number of aryl methyl sites for hydroxylation is 1. The quantitative estimate of drug-likeness (QED) is 0.563. The number of carboxylic acids is 1. The highest BCUT2D eigenvalue weighted by atomic mass is 19.2. The molecule has 0 spiro atoms. The predicted molar refractivity (Wildman–Crippen MR) is 101 cm³/mol. The van der Waals surface area contributed by atoms with Crippen molar-refractivity contribution >= 4 is 11.8 Å². The Kier molecular flexibility index (Phi) is 7.07. The Hall–Kier alpha value is -2.49. The molecular formula is C22H24F2O2. The Labute approximate surface area is 153 Å². The van der Waals surface area contributed by atoms with Gasteiger partial charge in [-0.1, -0.05) is 63.1 Å². The second-order valence-corrected chi connectivity index (χ2v) is 6.33. The second kappa shape index (κ2) is 9.27. The number of halogens is 2. The number of rotatable bonds is 8. The summed E-state index contributed by atoms with van der Waals surface area (Å²) in [4.78, 5) is 11.5. The smallest absolute Gasteiger partial charge is 0.336 e. The highest BCUT2D eigenvalue weighted by molar-refractivity contribution is 5.96. The zero-order chi connectivity index (χ0) is 19.1. The SMILES string of the molecule is CCCCC(F)=C(F)c1ccc(-c2cc(CCC)ccc2C(=O)O)cc1. The molecule has 2 rings (SSSR count). The summed E-state index contributed by atoms with van der Waals surface area (Å²) in [5.74, 6) is -2.59. The van der Waals surface area contributed by atoms with Crippen molar-refractivity contribution in [1.82, 2.24) is 0 Å². The van der Waals surface area contributed by atoms with Gasteiger partial charge in [0, 0.05) is 12.0 Å². The molecular weight excluding hydrogens is 334 g/mol. The summed E-state index contributed by atoms with van der Waals surface area (Å²) in [6, 6.07) is 11.5. The third kappa shape index (κ3) is 4.78. The number of hydrogen-bond acceptors (Lipinski definition) is 1. The molecule has 2 nitrogen and oxygen atoms in total. The van der Waals surface area contributed by atoms with Crippen molar-refractivity contribution in [1.29, 1.82) is 0 Å². The molecule has 2 aromatic carbocycles. The maximum atomic E-state index is 14.2. The van der Waals surface area contributed by atoms with Crippen LogP contribution in [0.5, 0.6) is 0 Å². The third-order valence-electron chi connectivity index (χ3n) is 4.29. The van der Waals surface area contributed by atoms with Gasteiger partial charge in [-0.2, -0.15) is 0 Å². The lowest BCUT2D eigenvalue weighted by Crippen LogP contribution is -2.01. The lowest BCUT2D eigenvalue weighted by Gasteiger charge is -2.10. The van der Waals surface area contributed by atoms with Crippen LogP contribution in [0.1, 0.15) is 61.0 Å². The molecule has 0 aliphatic carbocycles. The van der Waals surface area contributed by atoms with Gasteiger partial charge in [0.05, 0.1) is 5.56 Å². The molecule has 0 amide bonds. The summed E-state index contributed by atoms with van der Waals surface area (Å²) in [7, 11) is 0. The van der Waals surface area contributed by atoms with Crippen LogP contribution >= 0.6 is 0 Å². The molecule has 0 atom stereocenters. The summed E-state index contributed by atoms with van der Waals surface area (Å²) < 4.78 is 28.0. The minimum atomic E-state index is -1.01. The van der Waals surface area contributed by atoms with Gasteiger partial charge in [-0.05, 0) is 35.6 Å². The fourth-order valence-corrected chi connectivity index (χ4v) is 2.86. The Morgan fingerprint density at radius 2 is 1.69 bits per heavy atom. The minimum Gasteiger partial charge on any atom is -0.478 e. The molecule has 1 N–H and O–H groups in total. The highest BCUT2D eigenvalue weighted by Crippen LogP contribution is 2.30. The summed E-state index contributed by atoms with van der Waals surface area (Å²) in [6.45, 7) is 3.98. The summed E-state index contributed by atoms with van der Waals surface area (Å²) >= 11 is 0. The van der Waals surface area contributed by atoms with E-state index < -0.39 is 17.6 Å². The number of benzene rings is 2. The molecule has 0 aromatic heterocycles. The molecule has 0 aliphatic heterocycles. The lowest BCUT2D eigenvalue weighted by molar-refractivity contribution is 0.0697. The standard InChI is InChI=1S/C22H24F2O2/c1-3-5-7-20(23)21(24)17-11-9-16(10-12-17)19-14-15(6-4-2)8-13-18(19)22(25)26/h8-14H,3-7H2,1-2H3,(H,25,26). The van der Waals surface area contributed by atoms with Crippen molar-refractivity contribution in [3.63, 3.8) is 0 Å². The van der Waals surface area contributed by atoms with E-state index in [1.165, 1.54) is 12.1 Å². The van der Waals surface area contributed by atoms with Crippen LogP contribution in [0.4, 0.5) is 8.78 Å². The van der Waals surface area contributed by atoms with E-state index in [1.54, 1.807) is 18.2 Å². The van der Waals surface area contributed by atoms with Gasteiger partial charge in [0.25, 0.3) is 0 Å². The molecule has 0 fully saturated rings. The van der Waals surface area contributed by atoms with E-state index in [2.05, 4.69) is 6.92 Å². The predicted octanol–water partition coefficient (Wildman–Crippen LogP) is 6.80. The number of allylic oxidation sites excluding steroid dienone is 1. The van der Waals surface area contributed by atoms with Crippen LogP contribution in [-0.4, -0.2) is 11.1 Å². The number of carbonyl (C=O) groups is 1. The van der Waals surface area contributed by atoms with Gasteiger partial charge in [-0.25, -0.2) is 13.6 Å². The van der Waals surface area contributed by atoms with E-state index in [1.807, 2.05) is 19.1 Å². The molecule has 0 radical (unpaired) electrons. The van der Waals surface area contributed by atoms with E-state index in [4.69, 9.17) is 0 Å². The Morgan fingerprint density at radius 1 is 1.00 bits per heavy atom. The Balaban J connectivity index is 2.38. The second-order valence-electron chi connectivity index (χ2n) is 6.33. The molecule has 4 heteroatoms. The Bertz CT molecular complexity index is 792. The first-order valence-electron chi connectivity index (χ1n) is 8.99. The molecule has 0 heterocycles. The van der Waals surface area contributed by atoms with E-state index in [0.29, 0.717) is 17.5 Å². The van der Waals surface area contributed by atoms with Crippen LogP contribution in [0.2, 0.25) is 0 Å². The number of hydrogen-bond donors (Lipinski definition) is 1. The third-order valence-corrected chi connectivity index (χ3v) is 4.29. The monoisotopic (exact) mass is 358 g/mol. The van der Waals surface area contributed by atoms with Crippen molar-refractivity contribution in [2.24, 2.45) is 0 Å². The van der Waals surface area contributed by atoms with Gasteiger partial charge in [0.1, 0.15) is 5.83 Å². The number of unbranched alkanes of at least 4 members (excludes halogenated alkanes) is 1. The zero-order valence-corrected chi connectivity index (χ0v) is 15.2. The molecule has 0 unspecified atom stereocenters. The first-order valence-corrected chi connectivity index (χ1v) is 8.99. The maximum Gasteiger partial charge on any atom is 0.336 e. The largest absolute Gasteiger partial charge is 0.478 e. The maximum absolute atomic E-state index is 14.2. The van der Waals surface area contributed by atoms with Crippen LogP contribution in [0, 0.1) is 0 Å². The fraction of sp³-hybridized carbons (Fsp3) is 0.318. The topological polar surface area (TPSA) is 37.3 Å². The van der Waals surface area contributed by atoms with Gasteiger partial charge in [-0.3, -0.25) is 0 Å². The van der Waals surface area contributed by atoms with E-state index in [-0.39, 0.29) is 17.5 Å². The molecule has 138 valence electrons. The van der Waals surface area contributed by atoms with E-state index in [9.17, 15) is 18.7 Å². The molecule has 0 saturated carbocycles. The zero-order valence-electron chi connectivity index (χ0n) is 15.2. The van der Waals surface area contributed by atoms with Gasteiger partial charge in [-0.15, -0.1) is 0 Å². The van der Waals surface area contributed by atoms with Crippen LogP contribution in [-0.2, 0) is 6.42 Å². The molecule has 26 heavy (non-hydrogen) atoms. The molecule has 0 bridgehead atoms. The van der Waals surface area contributed by atoms with Crippen LogP contribution < -0.4 is 0 Å². The highest BCUT2D eigenvalue weighted by Gasteiger charge is 2.14. The normalized spacial score (nSPS) is 12.0.